The lowest BCUT2D eigenvalue weighted by Gasteiger charge is -2.33. The Morgan fingerprint density at radius 2 is 1.56 bits per heavy atom. The van der Waals surface area contributed by atoms with Crippen molar-refractivity contribution >= 4 is 17.5 Å². The first-order valence-electron chi connectivity index (χ1n) is 9.29. The zero-order valence-electron chi connectivity index (χ0n) is 15.6. The van der Waals surface area contributed by atoms with Crippen LogP contribution in [0.1, 0.15) is 5.56 Å². The maximum absolute atomic E-state index is 4.85. The summed E-state index contributed by atoms with van der Waals surface area (Å²) >= 11 is 0. The maximum Gasteiger partial charge on any atom is 0.252 e. The van der Waals surface area contributed by atoms with E-state index in [0.717, 1.165) is 37.7 Å². The summed E-state index contributed by atoms with van der Waals surface area (Å²) in [7, 11) is 2.15. The van der Waals surface area contributed by atoms with E-state index in [-0.39, 0.29) is 0 Å². The molecule has 0 bridgehead atoms. The number of rotatable bonds is 5. The molecule has 0 atom stereocenters. The largest absolute Gasteiger partial charge is 0.353 e. The molecule has 1 aromatic heterocycles. The first-order chi connectivity index (χ1) is 13.3. The topological polar surface area (TPSA) is 48.4 Å². The predicted octanol–water partition coefficient (Wildman–Crippen LogP) is 2.96. The molecular weight excluding hydrogens is 336 g/mol. The van der Waals surface area contributed by atoms with Crippen LogP contribution in [0.25, 0.3) is 0 Å². The number of aromatic nitrogens is 3. The third-order valence-corrected chi connectivity index (χ3v) is 4.86. The number of para-hydroxylation sites is 1. The Morgan fingerprint density at radius 1 is 0.889 bits per heavy atom. The second kappa shape index (κ2) is 8.14. The molecule has 0 N–H and O–H groups in total. The molecule has 4 rings (SSSR count). The summed E-state index contributed by atoms with van der Waals surface area (Å²) in [6.07, 6.45) is 1.76. The van der Waals surface area contributed by atoms with Crippen LogP contribution in [0, 0.1) is 0 Å². The van der Waals surface area contributed by atoms with Crippen molar-refractivity contribution in [1.29, 1.82) is 0 Å². The summed E-state index contributed by atoms with van der Waals surface area (Å²) in [4.78, 5) is 11.6. The lowest BCUT2D eigenvalue weighted by molar-refractivity contribution is 0.312. The summed E-state index contributed by atoms with van der Waals surface area (Å²) in [6, 6.07) is 20.6. The van der Waals surface area contributed by atoms with Gasteiger partial charge < -0.3 is 14.7 Å². The number of anilines is 3. The van der Waals surface area contributed by atoms with E-state index in [1.165, 1.54) is 5.56 Å². The highest BCUT2D eigenvalue weighted by molar-refractivity contribution is 5.58. The highest BCUT2D eigenvalue weighted by Crippen LogP contribution is 2.25. The van der Waals surface area contributed by atoms with E-state index >= 15 is 0 Å². The summed E-state index contributed by atoms with van der Waals surface area (Å²) in [5.74, 6) is 1.52. The molecule has 0 spiro atoms. The fourth-order valence-electron chi connectivity index (χ4n) is 3.24. The van der Waals surface area contributed by atoms with Crippen LogP contribution in [0.15, 0.2) is 66.9 Å². The highest BCUT2D eigenvalue weighted by atomic mass is 15.4. The molecule has 138 valence electrons. The SMILES string of the molecule is CN1CCN(c2cnnc(N(Cc3ccccc3)c3ccccc3)n2)CC1. The molecule has 1 aliphatic heterocycles. The minimum atomic E-state index is 0.626. The molecule has 0 radical (unpaired) electrons. The van der Waals surface area contributed by atoms with Crippen LogP contribution in [-0.2, 0) is 6.54 Å². The van der Waals surface area contributed by atoms with Crippen LogP contribution < -0.4 is 9.80 Å². The van der Waals surface area contributed by atoms with Crippen LogP contribution in [-0.4, -0.2) is 53.3 Å². The lowest BCUT2D eigenvalue weighted by Crippen LogP contribution is -2.45. The smallest absolute Gasteiger partial charge is 0.252 e. The number of likely N-dealkylation sites (N-methyl/N-ethyl adjacent to an activating group) is 1. The van der Waals surface area contributed by atoms with Crippen molar-refractivity contribution in [2.75, 3.05) is 43.0 Å². The van der Waals surface area contributed by atoms with E-state index in [9.17, 15) is 0 Å². The maximum atomic E-state index is 4.85. The molecular formula is C21H24N6. The van der Waals surface area contributed by atoms with Crippen LogP contribution in [0.4, 0.5) is 17.5 Å². The van der Waals surface area contributed by atoms with Crippen molar-refractivity contribution in [3.63, 3.8) is 0 Å². The summed E-state index contributed by atoms with van der Waals surface area (Å²) < 4.78 is 0. The first kappa shape index (κ1) is 17.4. The van der Waals surface area contributed by atoms with Gasteiger partial charge in [0.25, 0.3) is 5.95 Å². The van der Waals surface area contributed by atoms with Crippen molar-refractivity contribution in [1.82, 2.24) is 20.1 Å². The van der Waals surface area contributed by atoms with Crippen LogP contribution in [0.3, 0.4) is 0 Å². The fraction of sp³-hybridized carbons (Fsp3) is 0.286. The minimum absolute atomic E-state index is 0.626. The Balaban J connectivity index is 1.64. The molecule has 27 heavy (non-hydrogen) atoms. The van der Waals surface area contributed by atoms with E-state index in [2.05, 4.69) is 68.3 Å². The van der Waals surface area contributed by atoms with Crippen LogP contribution in [0.5, 0.6) is 0 Å². The van der Waals surface area contributed by atoms with Gasteiger partial charge in [-0.2, -0.15) is 10.1 Å². The highest BCUT2D eigenvalue weighted by Gasteiger charge is 2.19. The van der Waals surface area contributed by atoms with Gasteiger partial charge in [-0.25, -0.2) is 0 Å². The summed E-state index contributed by atoms with van der Waals surface area (Å²) in [6.45, 7) is 4.67. The Morgan fingerprint density at radius 3 is 2.26 bits per heavy atom. The molecule has 2 heterocycles. The van der Waals surface area contributed by atoms with Gasteiger partial charge in [0.05, 0.1) is 12.7 Å². The van der Waals surface area contributed by atoms with Crippen LogP contribution >= 0.6 is 0 Å². The third kappa shape index (κ3) is 4.23. The number of hydrogen-bond acceptors (Lipinski definition) is 6. The number of piperazine rings is 1. The molecule has 0 amide bonds. The van der Waals surface area contributed by atoms with Gasteiger partial charge in [0.2, 0.25) is 0 Å². The summed E-state index contributed by atoms with van der Waals surface area (Å²) in [5.41, 5.74) is 2.26. The van der Waals surface area contributed by atoms with E-state index in [0.29, 0.717) is 12.5 Å². The minimum Gasteiger partial charge on any atom is -0.353 e. The molecule has 6 nitrogen and oxygen atoms in total. The van der Waals surface area contributed by atoms with Crippen molar-refractivity contribution < 1.29 is 0 Å². The molecule has 3 aromatic rings. The Kier molecular flexibility index (Phi) is 5.25. The van der Waals surface area contributed by atoms with Gasteiger partial charge in [0, 0.05) is 31.9 Å². The van der Waals surface area contributed by atoms with Gasteiger partial charge in [-0.15, -0.1) is 5.10 Å². The van der Waals surface area contributed by atoms with E-state index in [1.54, 1.807) is 6.20 Å². The molecule has 0 saturated carbocycles. The Labute approximate surface area is 160 Å². The van der Waals surface area contributed by atoms with Gasteiger partial charge in [-0.05, 0) is 24.7 Å². The second-order valence-corrected chi connectivity index (χ2v) is 6.81. The normalized spacial score (nSPS) is 14.9. The quantitative estimate of drug-likeness (QED) is 0.697. The molecule has 1 aliphatic rings. The standard InChI is InChI=1S/C21H24N6/c1-25-12-14-26(15-13-25)20-16-22-24-21(23-20)27(19-10-6-3-7-11-19)17-18-8-4-2-5-9-18/h2-11,16H,12-15,17H2,1H3. The average molecular weight is 360 g/mol. The molecule has 0 aliphatic carbocycles. The molecule has 0 unspecified atom stereocenters. The van der Waals surface area contributed by atoms with Gasteiger partial charge in [-0.3, -0.25) is 0 Å². The summed E-state index contributed by atoms with van der Waals surface area (Å²) in [5, 5.41) is 8.61. The van der Waals surface area contributed by atoms with Crippen molar-refractivity contribution in [3.8, 4) is 0 Å². The number of nitrogens with zero attached hydrogens (tertiary/aromatic N) is 6. The van der Waals surface area contributed by atoms with Gasteiger partial charge in [0.1, 0.15) is 0 Å². The molecule has 6 heteroatoms. The molecule has 2 aromatic carbocycles. The van der Waals surface area contributed by atoms with E-state index in [1.807, 2.05) is 24.3 Å². The number of benzene rings is 2. The Bertz CT molecular complexity index is 847. The monoisotopic (exact) mass is 360 g/mol. The van der Waals surface area contributed by atoms with E-state index < -0.39 is 0 Å². The average Bonchev–Trinajstić information content (AvgIpc) is 2.74. The van der Waals surface area contributed by atoms with E-state index in [4.69, 9.17) is 4.98 Å². The Hall–Kier alpha value is -2.99. The number of hydrogen-bond donors (Lipinski definition) is 0. The fourth-order valence-corrected chi connectivity index (χ4v) is 3.24. The van der Waals surface area contributed by atoms with Gasteiger partial charge in [-0.1, -0.05) is 48.5 Å². The van der Waals surface area contributed by atoms with Crippen LogP contribution in [0.2, 0.25) is 0 Å². The third-order valence-electron chi connectivity index (χ3n) is 4.86. The van der Waals surface area contributed by atoms with Gasteiger partial charge >= 0.3 is 0 Å². The van der Waals surface area contributed by atoms with Crippen molar-refractivity contribution in [2.45, 2.75) is 6.54 Å². The van der Waals surface area contributed by atoms with Crippen molar-refractivity contribution in [3.05, 3.63) is 72.4 Å². The lowest BCUT2D eigenvalue weighted by atomic mass is 10.2. The second-order valence-electron chi connectivity index (χ2n) is 6.81. The predicted molar refractivity (Wildman–Crippen MR) is 108 cm³/mol. The molecule has 1 fully saturated rings. The van der Waals surface area contributed by atoms with Gasteiger partial charge in [0.15, 0.2) is 5.82 Å². The first-order valence-corrected chi connectivity index (χ1v) is 9.29. The zero-order chi connectivity index (χ0) is 18.5. The zero-order valence-corrected chi connectivity index (χ0v) is 15.6. The molecule has 1 saturated heterocycles. The van der Waals surface area contributed by atoms with Crippen molar-refractivity contribution in [2.24, 2.45) is 0 Å².